The normalized spacial score (nSPS) is 15.4. The van der Waals surface area contributed by atoms with Gasteiger partial charge in [0.25, 0.3) is 11.6 Å². The quantitative estimate of drug-likeness (QED) is 0.621. The van der Waals surface area contributed by atoms with Gasteiger partial charge in [0.05, 0.1) is 33.7 Å². The topological polar surface area (TPSA) is 72.7 Å². The Labute approximate surface area is 119 Å². The van der Waals surface area contributed by atoms with Gasteiger partial charge >= 0.3 is 0 Å². The first kappa shape index (κ1) is 14.0. The number of halogens is 2. The predicted molar refractivity (Wildman–Crippen MR) is 69.8 cm³/mol. The van der Waals surface area contributed by atoms with Gasteiger partial charge < -0.3 is 9.64 Å². The van der Waals surface area contributed by atoms with Crippen molar-refractivity contribution in [1.82, 2.24) is 4.90 Å². The van der Waals surface area contributed by atoms with E-state index in [2.05, 4.69) is 0 Å². The molecule has 0 bridgehead atoms. The largest absolute Gasteiger partial charge is 0.378 e. The summed E-state index contributed by atoms with van der Waals surface area (Å²) in [6.45, 7) is 1.73. The average Bonchev–Trinajstić information content (AvgIpc) is 2.41. The summed E-state index contributed by atoms with van der Waals surface area (Å²) in [4.78, 5) is 23.9. The number of nitro benzene ring substituents is 1. The molecule has 2 rings (SSSR count). The number of nitro groups is 1. The van der Waals surface area contributed by atoms with Crippen LogP contribution < -0.4 is 0 Å². The Bertz CT molecular complexity index is 530. The lowest BCUT2D eigenvalue weighted by Gasteiger charge is -2.27. The molecule has 6 nitrogen and oxygen atoms in total. The number of ether oxygens (including phenoxy) is 1. The summed E-state index contributed by atoms with van der Waals surface area (Å²) in [6.07, 6.45) is 0. The van der Waals surface area contributed by atoms with Crippen molar-refractivity contribution in [1.29, 1.82) is 0 Å². The second-order valence-electron chi connectivity index (χ2n) is 3.95. The van der Waals surface area contributed by atoms with Crippen LogP contribution in [-0.2, 0) is 4.74 Å². The highest BCUT2D eigenvalue weighted by Gasteiger charge is 2.24. The number of carbonyl (C=O) groups excluding carboxylic acids is 1. The minimum Gasteiger partial charge on any atom is -0.378 e. The molecule has 102 valence electrons. The fourth-order valence-electron chi connectivity index (χ4n) is 1.77. The molecule has 1 heterocycles. The molecule has 0 atom stereocenters. The Morgan fingerprint density at radius 3 is 2.53 bits per heavy atom. The van der Waals surface area contributed by atoms with E-state index >= 15 is 0 Å². The standard InChI is InChI=1S/C11H10Cl2N2O4/c12-9-6-7(15(17)18)5-8(10(9)13)11(16)14-1-3-19-4-2-14/h5-6H,1-4H2. The SMILES string of the molecule is O=C(c1cc([N+](=O)[O-])cc(Cl)c1Cl)N1CCOCC1. The lowest BCUT2D eigenvalue weighted by atomic mass is 10.1. The number of benzene rings is 1. The summed E-state index contributed by atoms with van der Waals surface area (Å²) in [5.41, 5.74) is -0.214. The Morgan fingerprint density at radius 2 is 1.95 bits per heavy atom. The lowest BCUT2D eigenvalue weighted by Crippen LogP contribution is -2.40. The maximum Gasteiger partial charge on any atom is 0.271 e. The molecule has 0 unspecified atom stereocenters. The van der Waals surface area contributed by atoms with E-state index in [1.165, 1.54) is 4.90 Å². The number of nitrogens with zero attached hydrogens (tertiary/aromatic N) is 2. The van der Waals surface area contributed by atoms with Crippen molar-refractivity contribution in [2.75, 3.05) is 26.3 Å². The minimum absolute atomic E-state index is 0.00697. The molecule has 0 aliphatic carbocycles. The van der Waals surface area contributed by atoms with Gasteiger partial charge in [-0.3, -0.25) is 14.9 Å². The molecule has 1 aromatic carbocycles. The monoisotopic (exact) mass is 304 g/mol. The minimum atomic E-state index is -0.613. The second kappa shape index (κ2) is 5.73. The molecule has 0 N–H and O–H groups in total. The van der Waals surface area contributed by atoms with Crippen molar-refractivity contribution in [2.45, 2.75) is 0 Å². The summed E-state index contributed by atoms with van der Waals surface area (Å²) < 4.78 is 5.14. The Balaban J connectivity index is 2.37. The molecule has 1 aliphatic heterocycles. The number of carbonyl (C=O) groups is 1. The molecule has 0 radical (unpaired) electrons. The number of non-ortho nitro benzene ring substituents is 1. The molecule has 1 aliphatic rings. The van der Waals surface area contributed by atoms with Gasteiger partial charge in [-0.25, -0.2) is 0 Å². The van der Waals surface area contributed by atoms with Crippen LogP contribution in [0, 0.1) is 10.1 Å². The maximum absolute atomic E-state index is 12.3. The van der Waals surface area contributed by atoms with Crippen molar-refractivity contribution < 1.29 is 14.5 Å². The number of hydrogen-bond donors (Lipinski definition) is 0. The van der Waals surface area contributed by atoms with Gasteiger partial charge in [-0.05, 0) is 0 Å². The number of hydrogen-bond acceptors (Lipinski definition) is 4. The maximum atomic E-state index is 12.3. The molecule has 1 fully saturated rings. The van der Waals surface area contributed by atoms with Crippen LogP contribution in [0.25, 0.3) is 0 Å². The van der Waals surface area contributed by atoms with Gasteiger partial charge in [0, 0.05) is 25.2 Å². The van der Waals surface area contributed by atoms with Crippen LogP contribution in [0.15, 0.2) is 12.1 Å². The summed E-state index contributed by atoms with van der Waals surface area (Å²) in [7, 11) is 0. The Kier molecular flexibility index (Phi) is 4.24. The van der Waals surface area contributed by atoms with Crippen molar-refractivity contribution in [2.24, 2.45) is 0 Å². The summed E-state index contributed by atoms with van der Waals surface area (Å²) in [6, 6.07) is 2.27. The fraction of sp³-hybridized carbons (Fsp3) is 0.364. The number of rotatable bonds is 2. The molecule has 0 aromatic heterocycles. The molecular formula is C11H10Cl2N2O4. The van der Waals surface area contributed by atoms with E-state index in [0.717, 1.165) is 12.1 Å². The van der Waals surface area contributed by atoms with Crippen LogP contribution in [0.3, 0.4) is 0 Å². The molecule has 1 aromatic rings. The van der Waals surface area contributed by atoms with E-state index in [0.29, 0.717) is 26.3 Å². The van der Waals surface area contributed by atoms with E-state index in [4.69, 9.17) is 27.9 Å². The summed E-state index contributed by atoms with van der Waals surface area (Å²) in [5.74, 6) is -0.376. The average molecular weight is 305 g/mol. The fourth-order valence-corrected chi connectivity index (χ4v) is 2.18. The van der Waals surface area contributed by atoms with Crippen LogP contribution in [0.1, 0.15) is 10.4 Å². The zero-order valence-electron chi connectivity index (χ0n) is 9.77. The highest BCUT2D eigenvalue weighted by molar-refractivity contribution is 6.44. The van der Waals surface area contributed by atoms with E-state index in [1.54, 1.807) is 0 Å². The molecule has 8 heteroatoms. The van der Waals surface area contributed by atoms with Crippen LogP contribution in [0.4, 0.5) is 5.69 Å². The van der Waals surface area contributed by atoms with Gasteiger partial charge in [-0.2, -0.15) is 0 Å². The molecule has 0 saturated carbocycles. The first-order chi connectivity index (χ1) is 9.00. The van der Waals surface area contributed by atoms with E-state index in [1.807, 2.05) is 0 Å². The number of morpholine rings is 1. The van der Waals surface area contributed by atoms with Crippen molar-refractivity contribution >= 4 is 34.8 Å². The Hall–Kier alpha value is -1.37. The molecule has 0 spiro atoms. The molecule has 19 heavy (non-hydrogen) atoms. The predicted octanol–water partition coefficient (Wildman–Crippen LogP) is 2.37. The highest BCUT2D eigenvalue weighted by atomic mass is 35.5. The van der Waals surface area contributed by atoms with E-state index in [-0.39, 0.29) is 27.2 Å². The molecule has 1 amide bonds. The Morgan fingerprint density at radius 1 is 1.32 bits per heavy atom. The van der Waals surface area contributed by atoms with Crippen LogP contribution in [0.2, 0.25) is 10.0 Å². The van der Waals surface area contributed by atoms with Gasteiger partial charge in [0.1, 0.15) is 0 Å². The third-order valence-electron chi connectivity index (χ3n) is 2.75. The van der Waals surface area contributed by atoms with Crippen molar-refractivity contribution in [3.8, 4) is 0 Å². The van der Waals surface area contributed by atoms with Crippen molar-refractivity contribution in [3.63, 3.8) is 0 Å². The first-order valence-corrected chi connectivity index (χ1v) is 6.26. The van der Waals surface area contributed by atoms with Crippen LogP contribution in [-0.4, -0.2) is 42.0 Å². The van der Waals surface area contributed by atoms with E-state index < -0.39 is 4.92 Å². The van der Waals surface area contributed by atoms with Crippen LogP contribution >= 0.6 is 23.2 Å². The highest BCUT2D eigenvalue weighted by Crippen LogP contribution is 2.31. The zero-order chi connectivity index (χ0) is 14.0. The molecule has 1 saturated heterocycles. The lowest BCUT2D eigenvalue weighted by molar-refractivity contribution is -0.384. The van der Waals surface area contributed by atoms with Crippen molar-refractivity contribution in [3.05, 3.63) is 37.9 Å². The van der Waals surface area contributed by atoms with E-state index in [9.17, 15) is 14.9 Å². The second-order valence-corrected chi connectivity index (χ2v) is 4.74. The number of amides is 1. The van der Waals surface area contributed by atoms with Gasteiger partial charge in [0.2, 0.25) is 0 Å². The van der Waals surface area contributed by atoms with Crippen LogP contribution in [0.5, 0.6) is 0 Å². The summed E-state index contributed by atoms with van der Waals surface area (Å²) >= 11 is 11.8. The third kappa shape index (κ3) is 2.97. The zero-order valence-corrected chi connectivity index (χ0v) is 11.3. The van der Waals surface area contributed by atoms with Gasteiger partial charge in [0.15, 0.2) is 0 Å². The van der Waals surface area contributed by atoms with Gasteiger partial charge in [-0.1, -0.05) is 23.2 Å². The summed E-state index contributed by atoms with van der Waals surface area (Å²) in [5, 5.41) is 10.8. The molecular weight excluding hydrogens is 295 g/mol. The third-order valence-corrected chi connectivity index (χ3v) is 3.55. The smallest absolute Gasteiger partial charge is 0.271 e. The first-order valence-electron chi connectivity index (χ1n) is 5.51. The van der Waals surface area contributed by atoms with Gasteiger partial charge in [-0.15, -0.1) is 0 Å².